The van der Waals surface area contributed by atoms with Gasteiger partial charge in [-0.25, -0.2) is 0 Å². The van der Waals surface area contributed by atoms with E-state index in [-0.39, 0.29) is 11.4 Å². The van der Waals surface area contributed by atoms with E-state index in [2.05, 4.69) is 6.58 Å². The molecule has 17 heavy (non-hydrogen) atoms. The van der Waals surface area contributed by atoms with Crippen molar-refractivity contribution in [1.29, 1.82) is 0 Å². The minimum atomic E-state index is -0.608. The van der Waals surface area contributed by atoms with Crippen LogP contribution < -0.4 is 5.73 Å². The van der Waals surface area contributed by atoms with E-state index in [0.717, 1.165) is 0 Å². The van der Waals surface area contributed by atoms with E-state index in [9.17, 15) is 4.79 Å². The summed E-state index contributed by atoms with van der Waals surface area (Å²) < 4.78 is 0. The van der Waals surface area contributed by atoms with Crippen LogP contribution >= 0.6 is 0 Å². The van der Waals surface area contributed by atoms with Crippen molar-refractivity contribution in [3.8, 4) is 0 Å². The molecule has 0 unspecified atom stereocenters. The van der Waals surface area contributed by atoms with Crippen LogP contribution in [0.15, 0.2) is 12.7 Å². The highest BCUT2D eigenvalue weighted by Crippen LogP contribution is 2.32. The van der Waals surface area contributed by atoms with Crippen LogP contribution in [0.5, 0.6) is 0 Å². The number of nitrogens with zero attached hydrogens (tertiary/aromatic N) is 1. The molecule has 0 aliphatic rings. The third-order valence-corrected chi connectivity index (χ3v) is 3.51. The molecular formula is C14H28N2O. The van der Waals surface area contributed by atoms with Crippen molar-refractivity contribution in [2.75, 3.05) is 6.54 Å². The summed E-state index contributed by atoms with van der Waals surface area (Å²) in [6.45, 7) is 17.9. The molecule has 0 aliphatic carbocycles. The van der Waals surface area contributed by atoms with Crippen LogP contribution in [0.25, 0.3) is 0 Å². The standard InChI is InChI=1S/C14H28N2O/c1-9-10-16(12(2,3)4)11(17)13(5,6)14(7,8)15/h9H,1,10,15H2,2-8H3. The van der Waals surface area contributed by atoms with Gasteiger partial charge in [0, 0.05) is 17.6 Å². The Bertz CT molecular complexity index is 292. The molecule has 1 amide bonds. The van der Waals surface area contributed by atoms with Crippen molar-refractivity contribution in [1.82, 2.24) is 4.90 Å². The Morgan fingerprint density at radius 3 is 1.82 bits per heavy atom. The molecule has 0 saturated heterocycles. The Balaban J connectivity index is 5.31. The fourth-order valence-electron chi connectivity index (χ4n) is 1.40. The second-order valence-electron chi connectivity index (χ2n) is 6.72. The van der Waals surface area contributed by atoms with Crippen LogP contribution in [-0.4, -0.2) is 28.4 Å². The van der Waals surface area contributed by atoms with Gasteiger partial charge in [0.15, 0.2) is 0 Å². The second kappa shape index (κ2) is 4.81. The Labute approximate surface area is 106 Å². The highest BCUT2D eigenvalue weighted by atomic mass is 16.2. The zero-order valence-corrected chi connectivity index (χ0v) is 12.4. The Morgan fingerprint density at radius 1 is 1.18 bits per heavy atom. The van der Waals surface area contributed by atoms with Crippen molar-refractivity contribution < 1.29 is 4.79 Å². The maximum atomic E-state index is 12.6. The van der Waals surface area contributed by atoms with E-state index < -0.39 is 11.0 Å². The smallest absolute Gasteiger partial charge is 0.230 e. The summed E-state index contributed by atoms with van der Waals surface area (Å²) in [5, 5.41) is 0. The maximum absolute atomic E-state index is 12.6. The zero-order chi connectivity index (χ0) is 14.1. The van der Waals surface area contributed by atoms with Crippen molar-refractivity contribution in [2.45, 2.75) is 59.5 Å². The third-order valence-electron chi connectivity index (χ3n) is 3.51. The van der Waals surface area contributed by atoms with E-state index in [0.29, 0.717) is 6.54 Å². The van der Waals surface area contributed by atoms with Gasteiger partial charge in [0.05, 0.1) is 5.41 Å². The molecule has 0 saturated carbocycles. The Hall–Kier alpha value is -0.830. The summed E-state index contributed by atoms with van der Waals surface area (Å²) in [6, 6.07) is 0. The number of amides is 1. The monoisotopic (exact) mass is 240 g/mol. The van der Waals surface area contributed by atoms with E-state index in [4.69, 9.17) is 5.73 Å². The van der Waals surface area contributed by atoms with Gasteiger partial charge in [0.1, 0.15) is 0 Å². The normalized spacial score (nSPS) is 13.4. The van der Waals surface area contributed by atoms with Gasteiger partial charge >= 0.3 is 0 Å². The lowest BCUT2D eigenvalue weighted by atomic mass is 9.73. The first-order chi connectivity index (χ1) is 7.35. The number of carbonyl (C=O) groups is 1. The van der Waals surface area contributed by atoms with Gasteiger partial charge in [0.25, 0.3) is 0 Å². The minimum absolute atomic E-state index is 0.0670. The van der Waals surface area contributed by atoms with E-state index in [1.54, 1.807) is 6.08 Å². The molecule has 0 aliphatic heterocycles. The molecule has 0 aromatic carbocycles. The van der Waals surface area contributed by atoms with Crippen LogP contribution in [0.2, 0.25) is 0 Å². The van der Waals surface area contributed by atoms with E-state index in [1.807, 2.05) is 53.4 Å². The first-order valence-corrected chi connectivity index (χ1v) is 6.07. The summed E-state index contributed by atoms with van der Waals surface area (Å²) in [7, 11) is 0. The summed E-state index contributed by atoms with van der Waals surface area (Å²) in [5.74, 6) is 0.0670. The molecule has 0 aromatic heterocycles. The van der Waals surface area contributed by atoms with Crippen LogP contribution in [0, 0.1) is 5.41 Å². The van der Waals surface area contributed by atoms with Crippen LogP contribution in [0.3, 0.4) is 0 Å². The van der Waals surface area contributed by atoms with Gasteiger partial charge in [-0.15, -0.1) is 6.58 Å². The number of carbonyl (C=O) groups excluding carboxylic acids is 1. The lowest BCUT2D eigenvalue weighted by Gasteiger charge is -2.45. The predicted molar refractivity (Wildman–Crippen MR) is 73.7 cm³/mol. The highest BCUT2D eigenvalue weighted by Gasteiger charge is 2.44. The number of hydrogen-bond donors (Lipinski definition) is 1. The molecule has 0 fully saturated rings. The van der Waals surface area contributed by atoms with Gasteiger partial charge in [-0.2, -0.15) is 0 Å². The van der Waals surface area contributed by atoms with Crippen molar-refractivity contribution >= 4 is 5.91 Å². The highest BCUT2D eigenvalue weighted by molar-refractivity contribution is 5.84. The summed E-state index contributed by atoms with van der Waals surface area (Å²) in [4.78, 5) is 14.5. The quantitative estimate of drug-likeness (QED) is 0.768. The Kier molecular flexibility index (Phi) is 4.57. The number of hydrogen-bond acceptors (Lipinski definition) is 2. The summed E-state index contributed by atoms with van der Waals surface area (Å²) >= 11 is 0. The first kappa shape index (κ1) is 16.2. The minimum Gasteiger partial charge on any atom is -0.334 e. The topological polar surface area (TPSA) is 46.3 Å². The van der Waals surface area contributed by atoms with E-state index in [1.165, 1.54) is 0 Å². The fraction of sp³-hybridized carbons (Fsp3) is 0.786. The molecule has 0 rings (SSSR count). The average Bonchev–Trinajstić information content (AvgIpc) is 2.09. The molecule has 0 bridgehead atoms. The molecule has 0 radical (unpaired) electrons. The van der Waals surface area contributed by atoms with Gasteiger partial charge in [-0.05, 0) is 48.5 Å². The van der Waals surface area contributed by atoms with Crippen LogP contribution in [0.4, 0.5) is 0 Å². The lowest BCUT2D eigenvalue weighted by molar-refractivity contribution is -0.147. The maximum Gasteiger partial charge on any atom is 0.230 e. The molecule has 3 nitrogen and oxygen atoms in total. The molecular weight excluding hydrogens is 212 g/mol. The van der Waals surface area contributed by atoms with Crippen molar-refractivity contribution in [3.05, 3.63) is 12.7 Å². The lowest BCUT2D eigenvalue weighted by Crippen LogP contribution is -2.59. The number of rotatable bonds is 4. The largest absolute Gasteiger partial charge is 0.334 e. The number of nitrogens with two attached hydrogens (primary N) is 1. The average molecular weight is 240 g/mol. The van der Waals surface area contributed by atoms with Crippen LogP contribution in [0.1, 0.15) is 48.5 Å². The zero-order valence-electron chi connectivity index (χ0n) is 12.4. The van der Waals surface area contributed by atoms with Crippen molar-refractivity contribution in [3.63, 3.8) is 0 Å². The van der Waals surface area contributed by atoms with Crippen molar-refractivity contribution in [2.24, 2.45) is 11.1 Å². The molecule has 0 heterocycles. The second-order valence-corrected chi connectivity index (χ2v) is 6.72. The Morgan fingerprint density at radius 2 is 1.59 bits per heavy atom. The molecule has 100 valence electrons. The van der Waals surface area contributed by atoms with Crippen LogP contribution in [-0.2, 0) is 4.79 Å². The fourth-order valence-corrected chi connectivity index (χ4v) is 1.40. The molecule has 0 spiro atoms. The summed E-state index contributed by atoms with van der Waals surface area (Å²) in [6.07, 6.45) is 1.75. The van der Waals surface area contributed by atoms with E-state index >= 15 is 0 Å². The molecule has 0 atom stereocenters. The van der Waals surface area contributed by atoms with Gasteiger partial charge in [-0.1, -0.05) is 6.08 Å². The molecule has 3 heteroatoms. The first-order valence-electron chi connectivity index (χ1n) is 6.07. The predicted octanol–water partition coefficient (Wildman–Crippen LogP) is 2.56. The van der Waals surface area contributed by atoms with Gasteiger partial charge in [-0.3, -0.25) is 4.79 Å². The van der Waals surface area contributed by atoms with Gasteiger partial charge < -0.3 is 10.6 Å². The molecule has 2 N–H and O–H groups in total. The third kappa shape index (κ3) is 3.56. The SMILES string of the molecule is C=CCN(C(=O)C(C)(C)C(C)(C)N)C(C)(C)C. The van der Waals surface area contributed by atoms with Gasteiger partial charge in [0.2, 0.25) is 5.91 Å². The molecule has 0 aromatic rings. The summed E-state index contributed by atoms with van der Waals surface area (Å²) in [5.41, 5.74) is 4.72.